The summed E-state index contributed by atoms with van der Waals surface area (Å²) in [7, 11) is 0. The zero-order chi connectivity index (χ0) is 24.7. The van der Waals surface area contributed by atoms with E-state index in [0.29, 0.717) is 17.0 Å². The van der Waals surface area contributed by atoms with Gasteiger partial charge in [-0.1, -0.05) is 63.2 Å². The van der Waals surface area contributed by atoms with Crippen LogP contribution in [-0.2, 0) is 21.7 Å². The van der Waals surface area contributed by atoms with E-state index in [1.165, 1.54) is 11.3 Å². The Balaban J connectivity index is 1.49. The van der Waals surface area contributed by atoms with Crippen molar-refractivity contribution in [2.45, 2.75) is 39.8 Å². The minimum Gasteiger partial charge on any atom is -0.351 e. The Hall–Kier alpha value is -3.52. The average Bonchev–Trinajstić information content (AvgIpc) is 3.35. The van der Waals surface area contributed by atoms with Gasteiger partial charge in [0, 0.05) is 10.3 Å². The van der Waals surface area contributed by atoms with Gasteiger partial charge in [0.25, 0.3) is 5.91 Å². The second-order valence-electron chi connectivity index (χ2n) is 9.59. The van der Waals surface area contributed by atoms with Crippen LogP contribution in [-0.4, -0.2) is 35.1 Å². The number of rotatable bonds is 6. The molecule has 0 radical (unpaired) electrons. The van der Waals surface area contributed by atoms with Crippen LogP contribution in [0.4, 0.5) is 4.79 Å². The molecule has 1 fully saturated rings. The summed E-state index contributed by atoms with van der Waals surface area (Å²) in [5.41, 5.74) is -1.08. The number of nitrogens with zero attached hydrogens (tertiary/aromatic N) is 1. The van der Waals surface area contributed by atoms with Gasteiger partial charge in [0.05, 0.1) is 18.0 Å². The smallest absolute Gasteiger partial charge is 0.325 e. The highest BCUT2D eigenvalue weighted by Gasteiger charge is 2.50. The Bertz CT molecular complexity index is 1300. The number of benzene rings is 2. The van der Waals surface area contributed by atoms with Gasteiger partial charge in [0.1, 0.15) is 5.54 Å². The summed E-state index contributed by atoms with van der Waals surface area (Å²) in [6, 6.07) is 16.1. The normalized spacial score (nSPS) is 18.3. The molecule has 4 rings (SSSR count). The number of imide groups is 1. The molecular weight excluding hydrogens is 450 g/mol. The summed E-state index contributed by atoms with van der Waals surface area (Å²) < 4.78 is 0. The van der Waals surface area contributed by atoms with Crippen LogP contribution in [0.15, 0.2) is 54.6 Å². The number of ketones is 1. The molecule has 34 heavy (non-hydrogen) atoms. The van der Waals surface area contributed by atoms with Gasteiger partial charge < -0.3 is 10.6 Å². The zero-order valence-corrected chi connectivity index (χ0v) is 20.4. The van der Waals surface area contributed by atoms with Gasteiger partial charge in [-0.15, -0.1) is 11.3 Å². The maximum absolute atomic E-state index is 13.4. The lowest BCUT2D eigenvalue weighted by Gasteiger charge is -2.24. The molecule has 2 heterocycles. The molecular formula is C26H27N3O4S. The van der Waals surface area contributed by atoms with E-state index in [0.717, 1.165) is 20.5 Å². The molecule has 0 spiro atoms. The fourth-order valence-corrected chi connectivity index (χ4v) is 4.84. The van der Waals surface area contributed by atoms with E-state index in [1.807, 2.05) is 63.2 Å². The number of carbonyl (C=O) groups is 4. The summed E-state index contributed by atoms with van der Waals surface area (Å²) in [5.74, 6) is -0.874. The Morgan fingerprint density at radius 2 is 1.74 bits per heavy atom. The van der Waals surface area contributed by atoms with Crippen LogP contribution in [0.2, 0.25) is 0 Å². The molecule has 0 unspecified atom stereocenters. The van der Waals surface area contributed by atoms with E-state index in [4.69, 9.17) is 0 Å². The van der Waals surface area contributed by atoms with E-state index in [2.05, 4.69) is 10.6 Å². The number of urea groups is 1. The highest BCUT2D eigenvalue weighted by Crippen LogP contribution is 2.34. The van der Waals surface area contributed by atoms with Gasteiger partial charge in [-0.25, -0.2) is 4.79 Å². The van der Waals surface area contributed by atoms with Crippen LogP contribution < -0.4 is 10.6 Å². The number of amides is 4. The van der Waals surface area contributed by atoms with Crippen LogP contribution >= 0.6 is 11.3 Å². The summed E-state index contributed by atoms with van der Waals surface area (Å²) in [4.78, 5) is 53.3. The lowest BCUT2D eigenvalue weighted by Crippen LogP contribution is -2.41. The molecule has 1 aromatic heterocycles. The molecule has 1 aliphatic rings. The van der Waals surface area contributed by atoms with E-state index in [1.54, 1.807) is 19.1 Å². The Kier molecular flexibility index (Phi) is 6.03. The van der Waals surface area contributed by atoms with Gasteiger partial charge in [-0.2, -0.15) is 0 Å². The highest BCUT2D eigenvalue weighted by atomic mass is 32.1. The van der Waals surface area contributed by atoms with Crippen molar-refractivity contribution in [3.63, 3.8) is 0 Å². The molecule has 4 amide bonds. The molecule has 8 heteroatoms. The SMILES string of the molecule is CC(C)(C)C(=O)NCc1ccc(C(=O)CN2C(=O)N[C@](C)(c3cccc4ccccc34)C2=O)s1. The minimum absolute atomic E-state index is 0.0826. The second kappa shape index (κ2) is 8.68. The Labute approximate surface area is 202 Å². The first kappa shape index (κ1) is 23.6. The molecule has 0 bridgehead atoms. The van der Waals surface area contributed by atoms with Crippen molar-refractivity contribution < 1.29 is 19.2 Å². The molecule has 0 saturated carbocycles. The number of hydrogen-bond acceptors (Lipinski definition) is 5. The molecule has 1 atom stereocenters. The first-order valence-electron chi connectivity index (χ1n) is 11.0. The number of fused-ring (bicyclic) bond motifs is 1. The van der Waals surface area contributed by atoms with E-state index in [9.17, 15) is 19.2 Å². The fourth-order valence-electron chi connectivity index (χ4n) is 3.96. The third kappa shape index (κ3) is 4.33. The molecule has 1 saturated heterocycles. The summed E-state index contributed by atoms with van der Waals surface area (Å²) >= 11 is 1.24. The first-order valence-corrected chi connectivity index (χ1v) is 11.8. The molecule has 1 aliphatic heterocycles. The lowest BCUT2D eigenvalue weighted by molar-refractivity contribution is -0.130. The monoisotopic (exact) mass is 477 g/mol. The van der Waals surface area contributed by atoms with Gasteiger partial charge in [-0.05, 0) is 35.4 Å². The van der Waals surface area contributed by atoms with Gasteiger partial charge >= 0.3 is 6.03 Å². The zero-order valence-electron chi connectivity index (χ0n) is 19.6. The van der Waals surface area contributed by atoms with Crippen molar-refractivity contribution in [1.29, 1.82) is 0 Å². The molecule has 176 valence electrons. The predicted molar refractivity (Wildman–Crippen MR) is 131 cm³/mol. The maximum Gasteiger partial charge on any atom is 0.325 e. The number of nitrogens with one attached hydrogen (secondary N) is 2. The quantitative estimate of drug-likeness (QED) is 0.411. The van der Waals surface area contributed by atoms with Crippen LogP contribution in [0, 0.1) is 5.41 Å². The summed E-state index contributed by atoms with van der Waals surface area (Å²) in [6.07, 6.45) is 0. The topological polar surface area (TPSA) is 95.6 Å². The molecule has 3 aromatic rings. The Morgan fingerprint density at radius 1 is 1.03 bits per heavy atom. The number of thiophene rings is 1. The van der Waals surface area contributed by atoms with Crippen LogP contribution in [0.5, 0.6) is 0 Å². The summed E-state index contributed by atoms with van der Waals surface area (Å²) in [5, 5.41) is 7.47. The van der Waals surface area contributed by atoms with E-state index < -0.39 is 22.9 Å². The molecule has 2 N–H and O–H groups in total. The molecule has 0 aliphatic carbocycles. The number of hydrogen-bond donors (Lipinski definition) is 2. The fraction of sp³-hybridized carbons (Fsp3) is 0.308. The van der Waals surface area contributed by atoms with Crippen molar-refractivity contribution >= 4 is 45.7 Å². The van der Waals surface area contributed by atoms with Crippen molar-refractivity contribution in [2.75, 3.05) is 6.54 Å². The van der Waals surface area contributed by atoms with Crippen molar-refractivity contribution in [3.8, 4) is 0 Å². The van der Waals surface area contributed by atoms with Crippen molar-refractivity contribution in [2.24, 2.45) is 5.41 Å². The predicted octanol–water partition coefficient (Wildman–Crippen LogP) is 4.21. The largest absolute Gasteiger partial charge is 0.351 e. The van der Waals surface area contributed by atoms with E-state index >= 15 is 0 Å². The molecule has 7 nitrogen and oxygen atoms in total. The highest BCUT2D eigenvalue weighted by molar-refractivity contribution is 7.14. The number of carbonyl (C=O) groups excluding carboxylic acids is 4. The Morgan fingerprint density at radius 3 is 2.47 bits per heavy atom. The van der Waals surface area contributed by atoms with Gasteiger partial charge in [-0.3, -0.25) is 19.3 Å². The van der Waals surface area contributed by atoms with Crippen LogP contribution in [0.25, 0.3) is 10.8 Å². The third-order valence-corrected chi connectivity index (χ3v) is 7.07. The standard InChI is InChI=1S/C26H27N3O4S/c1-25(2,3)22(31)27-14-17-12-13-21(34-17)20(30)15-29-23(32)26(4,28-24(29)33)19-11-7-9-16-8-5-6-10-18(16)19/h5-13H,14-15H2,1-4H3,(H,27,31)(H,28,33)/t26-/m1/s1. The first-order chi connectivity index (χ1) is 16.0. The lowest BCUT2D eigenvalue weighted by atomic mass is 9.88. The summed E-state index contributed by atoms with van der Waals surface area (Å²) in [6.45, 7) is 7.12. The van der Waals surface area contributed by atoms with Gasteiger partial charge in [0.15, 0.2) is 5.78 Å². The maximum atomic E-state index is 13.4. The third-order valence-electron chi connectivity index (χ3n) is 5.95. The van der Waals surface area contributed by atoms with Crippen LogP contribution in [0.3, 0.4) is 0 Å². The number of Topliss-reactive ketones (excluding diaryl/α,β-unsaturated/α-hetero) is 1. The minimum atomic E-state index is -1.27. The molecule has 2 aromatic carbocycles. The average molecular weight is 478 g/mol. The van der Waals surface area contributed by atoms with E-state index in [-0.39, 0.29) is 18.2 Å². The van der Waals surface area contributed by atoms with Crippen LogP contribution in [0.1, 0.15) is 47.8 Å². The van der Waals surface area contributed by atoms with Crippen molar-refractivity contribution in [1.82, 2.24) is 15.5 Å². The second-order valence-corrected chi connectivity index (χ2v) is 10.8. The van der Waals surface area contributed by atoms with Crippen molar-refractivity contribution in [3.05, 3.63) is 69.9 Å². The van der Waals surface area contributed by atoms with Gasteiger partial charge in [0.2, 0.25) is 5.91 Å².